The number of hydrogen-bond donors (Lipinski definition) is 1. The summed E-state index contributed by atoms with van der Waals surface area (Å²) in [6, 6.07) is 0. The molecule has 0 bridgehead atoms. The predicted octanol–water partition coefficient (Wildman–Crippen LogP) is 7.63. The van der Waals surface area contributed by atoms with Crippen LogP contribution in [0.15, 0.2) is 11.1 Å². The lowest BCUT2D eigenvalue weighted by atomic mass is 9.44. The fourth-order valence-electron chi connectivity index (χ4n) is 10.3. The second-order valence-corrected chi connectivity index (χ2v) is 13.4. The van der Waals surface area contributed by atoms with Crippen LogP contribution in [0.5, 0.6) is 0 Å². The topological polar surface area (TPSA) is 20.2 Å². The molecule has 10 atom stereocenters. The first-order valence-electron chi connectivity index (χ1n) is 13.6. The zero-order valence-corrected chi connectivity index (χ0v) is 20.7. The van der Waals surface area contributed by atoms with Crippen LogP contribution in [0.3, 0.4) is 0 Å². The molecule has 0 spiro atoms. The maximum absolute atomic E-state index is 10.3. The molecule has 1 nitrogen and oxygen atoms in total. The second kappa shape index (κ2) is 7.36. The van der Waals surface area contributed by atoms with Crippen LogP contribution >= 0.6 is 0 Å². The Labute approximate surface area is 186 Å². The molecule has 0 aromatic carbocycles. The summed E-state index contributed by atoms with van der Waals surface area (Å²) in [5, 5.41) is 10.3. The molecule has 30 heavy (non-hydrogen) atoms. The van der Waals surface area contributed by atoms with E-state index in [-0.39, 0.29) is 6.10 Å². The highest BCUT2D eigenvalue weighted by atomic mass is 16.3. The molecule has 1 heteroatoms. The maximum atomic E-state index is 10.3. The van der Waals surface area contributed by atoms with Crippen LogP contribution in [0.4, 0.5) is 0 Å². The van der Waals surface area contributed by atoms with Crippen molar-refractivity contribution in [3.05, 3.63) is 11.1 Å². The molecular weight excluding hydrogens is 364 g/mol. The summed E-state index contributed by atoms with van der Waals surface area (Å²) in [7, 11) is 0. The summed E-state index contributed by atoms with van der Waals surface area (Å²) in [4.78, 5) is 0. The molecule has 170 valence electrons. The quantitative estimate of drug-likeness (QED) is 0.470. The molecule has 0 aromatic rings. The van der Waals surface area contributed by atoms with Crippen molar-refractivity contribution < 1.29 is 5.11 Å². The first-order chi connectivity index (χ1) is 14.2. The summed E-state index contributed by atoms with van der Waals surface area (Å²) in [5.74, 6) is 7.05. The lowest BCUT2D eigenvalue weighted by molar-refractivity contribution is -0.129. The van der Waals surface area contributed by atoms with Gasteiger partial charge in [0.1, 0.15) is 0 Å². The smallest absolute Gasteiger partial charge is 0.0543 e. The minimum Gasteiger partial charge on any atom is -0.393 e. The lowest BCUT2D eigenvalue weighted by Gasteiger charge is -2.61. The third-order valence-corrected chi connectivity index (χ3v) is 11.8. The highest BCUT2D eigenvalue weighted by molar-refractivity contribution is 5.41. The Balaban J connectivity index is 1.32. The van der Waals surface area contributed by atoms with Crippen LogP contribution < -0.4 is 0 Å². The Bertz CT molecular complexity index is 705. The number of aliphatic hydroxyl groups is 1. The highest BCUT2D eigenvalue weighted by Gasteiger charge is 2.60. The maximum Gasteiger partial charge on any atom is 0.0543 e. The molecule has 4 fully saturated rings. The Morgan fingerprint density at radius 2 is 1.60 bits per heavy atom. The standard InChI is InChI=1S/C29H48O/c1-17(2)27-19(4)23(27)15-18(3)24-9-10-25-22-8-7-20-16-21(30)11-13-28(20,5)26(22)12-14-29(24,25)6/h17-22,24-26,30H,7-16H2,1-6H3/t18-,19-,20-,21-,22+,24-,25+,26+,28+,29-/m1/s1. The van der Waals surface area contributed by atoms with E-state index >= 15 is 0 Å². The first kappa shape index (κ1) is 21.5. The molecule has 0 unspecified atom stereocenters. The molecule has 5 aliphatic carbocycles. The third-order valence-electron chi connectivity index (χ3n) is 11.8. The molecule has 0 aromatic heterocycles. The van der Waals surface area contributed by atoms with E-state index in [1.807, 2.05) is 5.57 Å². The van der Waals surface area contributed by atoms with E-state index in [1.165, 1.54) is 51.4 Å². The van der Waals surface area contributed by atoms with Gasteiger partial charge in [-0.05, 0) is 122 Å². The van der Waals surface area contributed by atoms with Crippen molar-refractivity contribution in [3.63, 3.8) is 0 Å². The monoisotopic (exact) mass is 412 g/mol. The van der Waals surface area contributed by atoms with Gasteiger partial charge in [0.2, 0.25) is 0 Å². The number of rotatable bonds is 4. The summed E-state index contributed by atoms with van der Waals surface area (Å²) in [6.07, 6.45) is 13.6. The summed E-state index contributed by atoms with van der Waals surface area (Å²) in [6.45, 7) is 15.2. The average molecular weight is 413 g/mol. The molecule has 5 rings (SSSR count). The van der Waals surface area contributed by atoms with E-state index in [0.29, 0.717) is 10.8 Å². The first-order valence-corrected chi connectivity index (χ1v) is 13.6. The third kappa shape index (κ3) is 3.11. The van der Waals surface area contributed by atoms with Crippen LogP contribution in [-0.2, 0) is 0 Å². The molecule has 0 radical (unpaired) electrons. The molecule has 0 heterocycles. The Hall–Kier alpha value is -0.300. The fraction of sp³-hybridized carbons (Fsp3) is 0.931. The molecule has 5 aliphatic rings. The summed E-state index contributed by atoms with van der Waals surface area (Å²) < 4.78 is 0. The van der Waals surface area contributed by atoms with Crippen LogP contribution in [0.25, 0.3) is 0 Å². The second-order valence-electron chi connectivity index (χ2n) is 13.4. The highest BCUT2D eigenvalue weighted by Crippen LogP contribution is 2.68. The van der Waals surface area contributed by atoms with Gasteiger partial charge in [-0.15, -0.1) is 0 Å². The summed E-state index contributed by atoms with van der Waals surface area (Å²) in [5.41, 5.74) is 4.73. The van der Waals surface area contributed by atoms with E-state index in [1.54, 1.807) is 5.57 Å². The van der Waals surface area contributed by atoms with Crippen LogP contribution in [0.2, 0.25) is 0 Å². The van der Waals surface area contributed by atoms with Crippen molar-refractivity contribution in [2.24, 2.45) is 58.2 Å². The summed E-state index contributed by atoms with van der Waals surface area (Å²) >= 11 is 0. The number of fused-ring (bicyclic) bond motifs is 5. The number of hydrogen-bond acceptors (Lipinski definition) is 1. The van der Waals surface area contributed by atoms with Crippen molar-refractivity contribution in [3.8, 4) is 0 Å². The van der Waals surface area contributed by atoms with E-state index in [9.17, 15) is 5.11 Å². The number of allylic oxidation sites excluding steroid dienone is 2. The fourth-order valence-corrected chi connectivity index (χ4v) is 10.3. The van der Waals surface area contributed by atoms with Crippen molar-refractivity contribution in [1.82, 2.24) is 0 Å². The van der Waals surface area contributed by atoms with Gasteiger partial charge in [0.25, 0.3) is 0 Å². The van der Waals surface area contributed by atoms with E-state index in [0.717, 1.165) is 60.2 Å². The van der Waals surface area contributed by atoms with Crippen molar-refractivity contribution in [2.45, 2.75) is 112 Å². The van der Waals surface area contributed by atoms with Gasteiger partial charge in [-0.1, -0.05) is 52.7 Å². The van der Waals surface area contributed by atoms with Gasteiger partial charge in [0.15, 0.2) is 0 Å². The largest absolute Gasteiger partial charge is 0.393 e. The van der Waals surface area contributed by atoms with Gasteiger partial charge >= 0.3 is 0 Å². The Morgan fingerprint density at radius 1 is 0.900 bits per heavy atom. The molecule has 1 N–H and O–H groups in total. The Morgan fingerprint density at radius 3 is 2.30 bits per heavy atom. The van der Waals surface area contributed by atoms with E-state index in [2.05, 4.69) is 41.5 Å². The zero-order chi connectivity index (χ0) is 21.4. The van der Waals surface area contributed by atoms with Gasteiger partial charge in [0, 0.05) is 0 Å². The molecule has 4 saturated carbocycles. The van der Waals surface area contributed by atoms with Gasteiger partial charge in [-0.25, -0.2) is 0 Å². The lowest BCUT2D eigenvalue weighted by Crippen LogP contribution is -2.54. The van der Waals surface area contributed by atoms with Gasteiger partial charge in [0.05, 0.1) is 6.10 Å². The SMILES string of the molecule is CC(C)C1=C(C[C@@H](C)[C@H]2CC[C@H]3[C@@H]4CC[C@@H]5C[C@H](O)CC[C@]5(C)[C@H]4CC[C@]23C)[C@H]1C. The van der Waals surface area contributed by atoms with Gasteiger partial charge < -0.3 is 5.11 Å². The van der Waals surface area contributed by atoms with Crippen molar-refractivity contribution in [2.75, 3.05) is 0 Å². The Kier molecular flexibility index (Phi) is 5.28. The van der Waals surface area contributed by atoms with Crippen LogP contribution in [-0.4, -0.2) is 11.2 Å². The predicted molar refractivity (Wildman–Crippen MR) is 126 cm³/mol. The van der Waals surface area contributed by atoms with Crippen molar-refractivity contribution >= 4 is 0 Å². The zero-order valence-electron chi connectivity index (χ0n) is 20.7. The van der Waals surface area contributed by atoms with Crippen molar-refractivity contribution in [1.29, 1.82) is 0 Å². The minimum atomic E-state index is -0.0138. The normalized spacial score (nSPS) is 51.4. The van der Waals surface area contributed by atoms with E-state index < -0.39 is 0 Å². The molecule has 0 saturated heterocycles. The number of aliphatic hydroxyl groups excluding tert-OH is 1. The van der Waals surface area contributed by atoms with Gasteiger partial charge in [-0.2, -0.15) is 0 Å². The minimum absolute atomic E-state index is 0.0138. The molecule has 0 aliphatic heterocycles. The van der Waals surface area contributed by atoms with E-state index in [4.69, 9.17) is 0 Å². The van der Waals surface area contributed by atoms with Crippen LogP contribution in [0, 0.1) is 58.2 Å². The van der Waals surface area contributed by atoms with Gasteiger partial charge in [-0.3, -0.25) is 0 Å². The van der Waals surface area contributed by atoms with Crippen LogP contribution in [0.1, 0.15) is 106 Å². The molecular formula is C29H48O. The average Bonchev–Trinajstić information content (AvgIpc) is 3.17. The molecule has 0 amide bonds.